The van der Waals surface area contributed by atoms with Crippen molar-refractivity contribution in [1.29, 1.82) is 0 Å². The first-order valence-electron chi connectivity index (χ1n) is 6.44. The molecule has 4 heteroatoms. The minimum atomic E-state index is -0.391. The van der Waals surface area contributed by atoms with Crippen LogP contribution < -0.4 is 5.32 Å². The molecule has 0 fully saturated rings. The maximum absolute atomic E-state index is 12.2. The molecule has 0 radical (unpaired) electrons. The summed E-state index contributed by atoms with van der Waals surface area (Å²) in [5.41, 5.74) is 1.18. The number of hydrogen-bond acceptors (Lipinski definition) is 2. The predicted octanol–water partition coefficient (Wildman–Crippen LogP) is 3.49. The summed E-state index contributed by atoms with van der Waals surface area (Å²) in [4.78, 5) is 16.1. The maximum Gasteiger partial charge on any atom is 0.253 e. The Bertz CT molecular complexity index is 596. The molecule has 1 aromatic carbocycles. The van der Waals surface area contributed by atoms with Gasteiger partial charge in [0.05, 0.1) is 5.56 Å². The lowest BCUT2D eigenvalue weighted by molar-refractivity contribution is 0.0912. The minimum absolute atomic E-state index is 0.129. The molecular formula is C16H17ClN2O. The molecule has 0 unspecified atom stereocenters. The van der Waals surface area contributed by atoms with Crippen LogP contribution in [0.15, 0.2) is 48.8 Å². The molecule has 2 aromatic rings. The van der Waals surface area contributed by atoms with E-state index in [2.05, 4.69) is 10.3 Å². The quantitative estimate of drug-likeness (QED) is 0.936. The van der Waals surface area contributed by atoms with Gasteiger partial charge in [0.25, 0.3) is 5.91 Å². The topological polar surface area (TPSA) is 42.0 Å². The molecule has 104 valence electrons. The molecule has 3 nitrogen and oxygen atoms in total. The van der Waals surface area contributed by atoms with Gasteiger partial charge in [0, 0.05) is 23.0 Å². The molecule has 0 aliphatic heterocycles. The number of nitrogens with zero attached hydrogens (tertiary/aromatic N) is 1. The summed E-state index contributed by atoms with van der Waals surface area (Å²) in [5.74, 6) is -0.129. The van der Waals surface area contributed by atoms with E-state index in [-0.39, 0.29) is 5.91 Å². The van der Waals surface area contributed by atoms with Gasteiger partial charge in [0.1, 0.15) is 0 Å². The van der Waals surface area contributed by atoms with E-state index in [4.69, 9.17) is 11.6 Å². The van der Waals surface area contributed by atoms with Crippen molar-refractivity contribution in [3.63, 3.8) is 0 Å². The van der Waals surface area contributed by atoms with Crippen molar-refractivity contribution in [3.05, 3.63) is 64.9 Å². The molecule has 1 N–H and O–H groups in total. The van der Waals surface area contributed by atoms with Crippen LogP contribution in [0.5, 0.6) is 0 Å². The Morgan fingerprint density at radius 3 is 2.65 bits per heavy atom. The zero-order valence-corrected chi connectivity index (χ0v) is 12.3. The Morgan fingerprint density at radius 2 is 2.00 bits per heavy atom. The number of amides is 1. The third kappa shape index (κ3) is 3.81. The fourth-order valence-corrected chi connectivity index (χ4v) is 2.24. The summed E-state index contributed by atoms with van der Waals surface area (Å²) < 4.78 is 0. The Labute approximate surface area is 124 Å². The van der Waals surface area contributed by atoms with E-state index in [9.17, 15) is 4.79 Å². The molecule has 0 saturated carbocycles. The molecule has 0 saturated heterocycles. The molecule has 0 aliphatic carbocycles. The summed E-state index contributed by atoms with van der Waals surface area (Å²) in [6.07, 6.45) is 3.87. The van der Waals surface area contributed by atoms with Gasteiger partial charge in [-0.3, -0.25) is 9.78 Å². The largest absolute Gasteiger partial charge is 0.347 e. The second-order valence-electron chi connectivity index (χ2n) is 5.35. The molecule has 0 spiro atoms. The van der Waals surface area contributed by atoms with E-state index < -0.39 is 5.54 Å². The molecule has 0 bridgehead atoms. The van der Waals surface area contributed by atoms with Crippen molar-refractivity contribution in [1.82, 2.24) is 10.3 Å². The Hall–Kier alpha value is -1.87. The molecule has 1 amide bonds. The Morgan fingerprint density at radius 1 is 1.25 bits per heavy atom. The van der Waals surface area contributed by atoms with Crippen LogP contribution >= 0.6 is 11.6 Å². The first-order chi connectivity index (χ1) is 9.48. The van der Waals surface area contributed by atoms with Crippen molar-refractivity contribution in [2.24, 2.45) is 0 Å². The Kier molecular flexibility index (Phi) is 4.40. The number of carbonyl (C=O) groups is 1. The summed E-state index contributed by atoms with van der Waals surface area (Å²) in [6.45, 7) is 3.95. The standard InChI is InChI=1S/C16H17ClN2O/c1-16(2,10-12-6-3-4-8-14(12)17)19-15(20)13-7-5-9-18-11-13/h3-9,11H,10H2,1-2H3,(H,19,20). The van der Waals surface area contributed by atoms with E-state index in [0.717, 1.165) is 10.6 Å². The fraction of sp³-hybridized carbons (Fsp3) is 0.250. The zero-order valence-electron chi connectivity index (χ0n) is 11.6. The molecule has 2 rings (SSSR count). The zero-order chi connectivity index (χ0) is 14.6. The van der Waals surface area contributed by atoms with Crippen molar-refractivity contribution in [2.45, 2.75) is 25.8 Å². The van der Waals surface area contributed by atoms with Gasteiger partial charge in [0.15, 0.2) is 0 Å². The van der Waals surface area contributed by atoms with E-state index in [0.29, 0.717) is 12.0 Å². The van der Waals surface area contributed by atoms with Crippen molar-refractivity contribution in [2.75, 3.05) is 0 Å². The lowest BCUT2D eigenvalue weighted by atomic mass is 9.94. The van der Waals surface area contributed by atoms with Gasteiger partial charge in [-0.1, -0.05) is 29.8 Å². The molecule has 1 heterocycles. The van der Waals surface area contributed by atoms with Crippen LogP contribution in [0.3, 0.4) is 0 Å². The van der Waals surface area contributed by atoms with Crippen LogP contribution in [0.1, 0.15) is 29.8 Å². The molecule has 0 atom stereocenters. The van der Waals surface area contributed by atoms with Crippen LogP contribution in [0.4, 0.5) is 0 Å². The monoisotopic (exact) mass is 288 g/mol. The predicted molar refractivity (Wildman–Crippen MR) is 80.9 cm³/mol. The number of aromatic nitrogens is 1. The number of rotatable bonds is 4. The maximum atomic E-state index is 12.2. The summed E-state index contributed by atoms with van der Waals surface area (Å²) >= 11 is 6.16. The molecule has 0 aliphatic rings. The van der Waals surface area contributed by atoms with Gasteiger partial charge in [0.2, 0.25) is 0 Å². The Balaban J connectivity index is 2.08. The van der Waals surface area contributed by atoms with Crippen LogP contribution in [0.2, 0.25) is 5.02 Å². The third-order valence-corrected chi connectivity index (χ3v) is 3.33. The molecule has 20 heavy (non-hydrogen) atoms. The highest BCUT2D eigenvalue weighted by molar-refractivity contribution is 6.31. The smallest absolute Gasteiger partial charge is 0.253 e. The molecule has 1 aromatic heterocycles. The number of nitrogens with one attached hydrogen (secondary N) is 1. The number of benzene rings is 1. The van der Waals surface area contributed by atoms with E-state index in [1.54, 1.807) is 24.5 Å². The van der Waals surface area contributed by atoms with Gasteiger partial charge in [-0.15, -0.1) is 0 Å². The summed E-state index contributed by atoms with van der Waals surface area (Å²) in [6, 6.07) is 11.2. The highest BCUT2D eigenvalue weighted by atomic mass is 35.5. The average molecular weight is 289 g/mol. The highest BCUT2D eigenvalue weighted by Gasteiger charge is 2.22. The van der Waals surface area contributed by atoms with Gasteiger partial charge in [-0.05, 0) is 44.0 Å². The lowest BCUT2D eigenvalue weighted by Crippen LogP contribution is -2.45. The summed E-state index contributed by atoms with van der Waals surface area (Å²) in [5, 5.41) is 3.73. The minimum Gasteiger partial charge on any atom is -0.347 e. The van der Waals surface area contributed by atoms with Crippen LogP contribution in [0.25, 0.3) is 0 Å². The van der Waals surface area contributed by atoms with Gasteiger partial charge in [-0.2, -0.15) is 0 Å². The molecular weight excluding hydrogens is 272 g/mol. The SMILES string of the molecule is CC(C)(Cc1ccccc1Cl)NC(=O)c1cccnc1. The van der Waals surface area contributed by atoms with Gasteiger partial charge < -0.3 is 5.32 Å². The fourth-order valence-electron chi connectivity index (χ4n) is 2.04. The van der Waals surface area contributed by atoms with Crippen molar-refractivity contribution >= 4 is 17.5 Å². The van der Waals surface area contributed by atoms with Crippen LogP contribution in [-0.4, -0.2) is 16.4 Å². The van der Waals surface area contributed by atoms with E-state index in [1.165, 1.54) is 0 Å². The van der Waals surface area contributed by atoms with Gasteiger partial charge in [-0.25, -0.2) is 0 Å². The average Bonchev–Trinajstić information content (AvgIpc) is 2.41. The van der Waals surface area contributed by atoms with Crippen LogP contribution in [-0.2, 0) is 6.42 Å². The number of pyridine rings is 1. The second-order valence-corrected chi connectivity index (χ2v) is 5.76. The van der Waals surface area contributed by atoms with E-state index in [1.807, 2.05) is 38.1 Å². The van der Waals surface area contributed by atoms with Gasteiger partial charge >= 0.3 is 0 Å². The highest BCUT2D eigenvalue weighted by Crippen LogP contribution is 2.21. The first kappa shape index (κ1) is 14.5. The van der Waals surface area contributed by atoms with Crippen molar-refractivity contribution in [3.8, 4) is 0 Å². The number of halogens is 1. The first-order valence-corrected chi connectivity index (χ1v) is 6.82. The number of carbonyl (C=O) groups excluding carboxylic acids is 1. The lowest BCUT2D eigenvalue weighted by Gasteiger charge is -2.27. The third-order valence-electron chi connectivity index (χ3n) is 2.97. The van der Waals surface area contributed by atoms with Crippen LogP contribution in [0, 0.1) is 0 Å². The summed E-state index contributed by atoms with van der Waals surface area (Å²) in [7, 11) is 0. The second kappa shape index (κ2) is 6.06. The number of hydrogen-bond donors (Lipinski definition) is 1. The normalized spacial score (nSPS) is 11.2. The van der Waals surface area contributed by atoms with Crippen molar-refractivity contribution < 1.29 is 4.79 Å². The van der Waals surface area contributed by atoms with E-state index >= 15 is 0 Å².